The van der Waals surface area contributed by atoms with Crippen LogP contribution in [-0.4, -0.2) is 23.9 Å². The van der Waals surface area contributed by atoms with Crippen molar-refractivity contribution in [3.8, 4) is 0 Å². The number of piperidine rings is 1. The molecular formula is C12H14N2OS2. The molecule has 90 valence electrons. The van der Waals surface area contributed by atoms with Crippen molar-refractivity contribution in [3.63, 3.8) is 0 Å². The highest BCUT2D eigenvalue weighted by Gasteiger charge is 2.17. The number of aromatic nitrogens is 1. The Balaban J connectivity index is 1.91. The summed E-state index contributed by atoms with van der Waals surface area (Å²) in [4.78, 5) is 19.1. The summed E-state index contributed by atoms with van der Waals surface area (Å²) < 4.78 is 1.18. The first-order chi connectivity index (χ1) is 8.24. The average molecular weight is 266 g/mol. The molecule has 0 atom stereocenters. The summed E-state index contributed by atoms with van der Waals surface area (Å²) in [5, 5.41) is 1.13. The van der Waals surface area contributed by atoms with Gasteiger partial charge in [-0.3, -0.25) is 4.79 Å². The third-order valence-electron chi connectivity index (χ3n) is 3.05. The summed E-state index contributed by atoms with van der Waals surface area (Å²) in [6.07, 6.45) is 3.88. The summed E-state index contributed by atoms with van der Waals surface area (Å²) >= 11 is 3.29. The van der Waals surface area contributed by atoms with E-state index in [1.165, 1.54) is 23.3 Å². The monoisotopic (exact) mass is 266 g/mol. The molecule has 2 aromatic heterocycles. The molecule has 17 heavy (non-hydrogen) atoms. The fraction of sp³-hybridized carbons (Fsp3) is 0.500. The van der Waals surface area contributed by atoms with Gasteiger partial charge in [-0.05, 0) is 32.3 Å². The standard InChI is InChI=1S/C12H14N2OS2/c1-8(15)10-7-9-11(16-10)17-12(13-9)14-5-3-2-4-6-14/h7H,2-6H2,1H3. The molecule has 0 bridgehead atoms. The zero-order valence-electron chi connectivity index (χ0n) is 9.73. The van der Waals surface area contributed by atoms with Crippen LogP contribution in [0.3, 0.4) is 0 Å². The summed E-state index contributed by atoms with van der Waals surface area (Å²) in [5.74, 6) is 0.139. The van der Waals surface area contributed by atoms with E-state index in [-0.39, 0.29) is 5.78 Å². The molecule has 3 rings (SSSR count). The fourth-order valence-corrected chi connectivity index (χ4v) is 4.33. The number of hydrogen-bond donors (Lipinski definition) is 0. The number of hydrogen-bond acceptors (Lipinski definition) is 5. The van der Waals surface area contributed by atoms with Crippen molar-refractivity contribution >= 4 is 43.1 Å². The molecule has 1 aliphatic rings. The van der Waals surface area contributed by atoms with Gasteiger partial charge in [0.15, 0.2) is 10.9 Å². The highest BCUT2D eigenvalue weighted by Crippen LogP contribution is 2.36. The Morgan fingerprint density at radius 2 is 2.06 bits per heavy atom. The number of nitrogens with zero attached hydrogens (tertiary/aromatic N) is 2. The lowest BCUT2D eigenvalue weighted by Gasteiger charge is -2.25. The van der Waals surface area contributed by atoms with Gasteiger partial charge in [-0.25, -0.2) is 4.98 Å². The lowest BCUT2D eigenvalue weighted by atomic mass is 10.1. The van der Waals surface area contributed by atoms with Crippen LogP contribution >= 0.6 is 22.7 Å². The van der Waals surface area contributed by atoms with Gasteiger partial charge in [0.25, 0.3) is 0 Å². The molecule has 0 unspecified atom stereocenters. The molecule has 1 fully saturated rings. The van der Waals surface area contributed by atoms with Crippen LogP contribution in [0, 0.1) is 0 Å². The van der Waals surface area contributed by atoms with Crippen molar-refractivity contribution in [2.75, 3.05) is 18.0 Å². The quantitative estimate of drug-likeness (QED) is 0.779. The zero-order chi connectivity index (χ0) is 11.8. The van der Waals surface area contributed by atoms with Crippen LogP contribution in [0.15, 0.2) is 6.07 Å². The number of thiophene rings is 1. The van der Waals surface area contributed by atoms with Crippen molar-refractivity contribution in [1.29, 1.82) is 0 Å². The minimum Gasteiger partial charge on any atom is -0.348 e. The molecule has 0 amide bonds. The predicted octanol–water partition coefficient (Wildman–Crippen LogP) is 3.55. The van der Waals surface area contributed by atoms with Gasteiger partial charge in [0, 0.05) is 13.1 Å². The second-order valence-electron chi connectivity index (χ2n) is 4.38. The summed E-state index contributed by atoms with van der Waals surface area (Å²) in [5.41, 5.74) is 0.991. The van der Waals surface area contributed by atoms with Gasteiger partial charge in [-0.15, -0.1) is 11.3 Å². The smallest absolute Gasteiger partial charge is 0.187 e. The minimum atomic E-state index is 0.139. The lowest BCUT2D eigenvalue weighted by Crippen LogP contribution is -2.29. The molecule has 2 aromatic rings. The van der Waals surface area contributed by atoms with E-state index in [0.29, 0.717) is 0 Å². The van der Waals surface area contributed by atoms with Crippen molar-refractivity contribution in [2.24, 2.45) is 0 Å². The molecule has 1 saturated heterocycles. The lowest BCUT2D eigenvalue weighted by molar-refractivity contribution is 0.102. The number of fused-ring (bicyclic) bond motifs is 1. The van der Waals surface area contributed by atoms with Crippen molar-refractivity contribution < 1.29 is 4.79 Å². The van der Waals surface area contributed by atoms with E-state index < -0.39 is 0 Å². The van der Waals surface area contributed by atoms with Crippen LogP contribution < -0.4 is 4.90 Å². The Bertz CT molecular complexity index is 520. The predicted molar refractivity (Wildman–Crippen MR) is 73.6 cm³/mol. The molecule has 0 radical (unpaired) electrons. The summed E-state index contributed by atoms with van der Waals surface area (Å²) in [7, 11) is 0. The Hall–Kier alpha value is -0.940. The van der Waals surface area contributed by atoms with Crippen LogP contribution in [0.1, 0.15) is 35.9 Å². The Morgan fingerprint density at radius 1 is 1.29 bits per heavy atom. The number of ketones is 1. The van der Waals surface area contributed by atoms with Gasteiger partial charge in [-0.2, -0.15) is 0 Å². The van der Waals surface area contributed by atoms with E-state index in [1.54, 1.807) is 29.6 Å². The van der Waals surface area contributed by atoms with Crippen molar-refractivity contribution in [3.05, 3.63) is 10.9 Å². The topological polar surface area (TPSA) is 33.2 Å². The third kappa shape index (κ3) is 2.09. The molecule has 0 saturated carbocycles. The molecule has 1 aliphatic heterocycles. The highest BCUT2D eigenvalue weighted by atomic mass is 32.2. The van der Waals surface area contributed by atoms with Crippen LogP contribution in [0.25, 0.3) is 9.53 Å². The van der Waals surface area contributed by atoms with E-state index in [9.17, 15) is 4.79 Å². The number of thiazole rings is 1. The maximum Gasteiger partial charge on any atom is 0.187 e. The van der Waals surface area contributed by atoms with E-state index in [2.05, 4.69) is 9.88 Å². The van der Waals surface area contributed by atoms with E-state index in [0.717, 1.165) is 28.6 Å². The minimum absolute atomic E-state index is 0.139. The van der Waals surface area contributed by atoms with Crippen LogP contribution in [0.2, 0.25) is 0 Å². The van der Waals surface area contributed by atoms with Crippen LogP contribution in [-0.2, 0) is 0 Å². The second-order valence-corrected chi connectivity index (χ2v) is 6.67. The number of carbonyl (C=O) groups excluding carboxylic acids is 1. The maximum absolute atomic E-state index is 11.3. The Kier molecular flexibility index (Phi) is 2.88. The van der Waals surface area contributed by atoms with Gasteiger partial charge in [0.2, 0.25) is 0 Å². The molecule has 3 nitrogen and oxygen atoms in total. The van der Waals surface area contributed by atoms with E-state index in [1.807, 2.05) is 6.07 Å². The number of Topliss-reactive ketones (excluding diaryl/α,β-unsaturated/α-hetero) is 1. The molecule has 0 N–H and O–H groups in total. The van der Waals surface area contributed by atoms with E-state index >= 15 is 0 Å². The largest absolute Gasteiger partial charge is 0.348 e. The Morgan fingerprint density at radius 3 is 2.71 bits per heavy atom. The highest BCUT2D eigenvalue weighted by molar-refractivity contribution is 7.40. The van der Waals surface area contributed by atoms with Gasteiger partial charge in [0.1, 0.15) is 4.01 Å². The van der Waals surface area contributed by atoms with Gasteiger partial charge >= 0.3 is 0 Å². The van der Waals surface area contributed by atoms with Crippen LogP contribution in [0.4, 0.5) is 5.13 Å². The van der Waals surface area contributed by atoms with Gasteiger partial charge < -0.3 is 4.90 Å². The molecule has 0 aromatic carbocycles. The first kappa shape index (κ1) is 11.2. The molecular weight excluding hydrogens is 252 g/mol. The van der Waals surface area contributed by atoms with Crippen molar-refractivity contribution in [2.45, 2.75) is 26.2 Å². The third-order valence-corrected chi connectivity index (χ3v) is 5.50. The Labute approximate surface area is 108 Å². The normalized spacial score (nSPS) is 16.6. The maximum atomic E-state index is 11.3. The molecule has 5 heteroatoms. The zero-order valence-corrected chi connectivity index (χ0v) is 11.4. The fourth-order valence-electron chi connectivity index (χ4n) is 2.12. The number of carbonyl (C=O) groups is 1. The van der Waals surface area contributed by atoms with Gasteiger partial charge in [-0.1, -0.05) is 11.3 Å². The molecule has 0 aliphatic carbocycles. The SMILES string of the molecule is CC(=O)c1cc2nc(N3CCCCC3)sc2s1. The number of rotatable bonds is 2. The summed E-state index contributed by atoms with van der Waals surface area (Å²) in [6, 6.07) is 1.92. The first-order valence-electron chi connectivity index (χ1n) is 5.90. The second kappa shape index (κ2) is 4.38. The molecule has 0 spiro atoms. The summed E-state index contributed by atoms with van der Waals surface area (Å²) in [6.45, 7) is 3.86. The molecule has 3 heterocycles. The van der Waals surface area contributed by atoms with Crippen LogP contribution in [0.5, 0.6) is 0 Å². The average Bonchev–Trinajstić information content (AvgIpc) is 2.87. The van der Waals surface area contributed by atoms with E-state index in [4.69, 9.17) is 0 Å². The van der Waals surface area contributed by atoms with Gasteiger partial charge in [0.05, 0.1) is 10.4 Å². The number of anilines is 1. The first-order valence-corrected chi connectivity index (χ1v) is 7.53. The van der Waals surface area contributed by atoms with Crippen molar-refractivity contribution in [1.82, 2.24) is 4.98 Å².